The lowest BCUT2D eigenvalue weighted by atomic mass is 10.0. The van der Waals surface area contributed by atoms with Crippen LogP contribution in [0.4, 0.5) is 10.1 Å². The topological polar surface area (TPSA) is 81.9 Å². The summed E-state index contributed by atoms with van der Waals surface area (Å²) in [6, 6.07) is 16.0. The molecule has 3 aromatic rings. The van der Waals surface area contributed by atoms with Gasteiger partial charge in [-0.2, -0.15) is 0 Å². The summed E-state index contributed by atoms with van der Waals surface area (Å²) in [5.41, 5.74) is 2.26. The molecule has 0 spiro atoms. The molecule has 1 aliphatic rings. The van der Waals surface area contributed by atoms with E-state index in [2.05, 4.69) is 0 Å². The summed E-state index contributed by atoms with van der Waals surface area (Å²) in [5, 5.41) is 5.41. The van der Waals surface area contributed by atoms with Crippen molar-refractivity contribution in [1.29, 1.82) is 0 Å². The Kier molecular flexibility index (Phi) is 4.68. The van der Waals surface area contributed by atoms with E-state index in [1.165, 1.54) is 18.2 Å². The first-order valence-corrected chi connectivity index (χ1v) is 10.4. The number of halogens is 1. The molecule has 4 rings (SSSR count). The summed E-state index contributed by atoms with van der Waals surface area (Å²) >= 11 is 0. The van der Waals surface area contributed by atoms with Crippen LogP contribution in [0.25, 0.3) is 11.1 Å². The van der Waals surface area contributed by atoms with Crippen LogP contribution >= 0.6 is 0 Å². The molecule has 29 heavy (non-hydrogen) atoms. The first-order valence-electron chi connectivity index (χ1n) is 8.81. The molecule has 0 saturated carbocycles. The lowest BCUT2D eigenvalue weighted by molar-refractivity contribution is 0.0487. The highest BCUT2D eigenvalue weighted by molar-refractivity contribution is 7.89. The molecule has 8 heteroatoms. The number of sulfonamides is 1. The molecule has 150 valence electrons. The van der Waals surface area contributed by atoms with Gasteiger partial charge in [-0.15, -0.1) is 0 Å². The highest BCUT2D eigenvalue weighted by Crippen LogP contribution is 2.51. The van der Waals surface area contributed by atoms with Crippen molar-refractivity contribution in [2.24, 2.45) is 5.14 Å². The van der Waals surface area contributed by atoms with Crippen LogP contribution in [0.15, 0.2) is 65.6 Å². The molecule has 0 saturated heterocycles. The third kappa shape index (κ3) is 3.52. The molecule has 1 heterocycles. The van der Waals surface area contributed by atoms with Gasteiger partial charge in [-0.3, -0.25) is 0 Å². The van der Waals surface area contributed by atoms with E-state index in [9.17, 15) is 12.8 Å². The standard InChI is InChI=1S/C21H19FN2O4S/c1-24(2)19-16(15-8-3-4-9-18(15)29(23,25)26)10-11-17-20(19)28-21(27-17)13-6-5-7-14(22)12-13/h3-12,21H,1-2H3,(H2,23,25,26). The fourth-order valence-corrected chi connectivity index (χ4v) is 4.15. The van der Waals surface area contributed by atoms with E-state index in [-0.39, 0.29) is 10.7 Å². The second-order valence-corrected chi connectivity index (χ2v) is 8.38. The average Bonchev–Trinajstić information content (AvgIpc) is 3.10. The maximum absolute atomic E-state index is 13.6. The Morgan fingerprint density at radius 3 is 2.41 bits per heavy atom. The minimum Gasteiger partial charge on any atom is -0.447 e. The third-order valence-electron chi connectivity index (χ3n) is 4.61. The number of hydrogen-bond donors (Lipinski definition) is 1. The van der Waals surface area contributed by atoms with E-state index in [4.69, 9.17) is 14.6 Å². The molecule has 0 bridgehead atoms. The number of hydrogen-bond acceptors (Lipinski definition) is 5. The SMILES string of the molecule is CN(C)c1c(-c2ccccc2S(N)(=O)=O)ccc2c1OC(c1cccc(F)c1)O2. The maximum Gasteiger partial charge on any atom is 0.268 e. The summed E-state index contributed by atoms with van der Waals surface area (Å²) < 4.78 is 49.7. The highest BCUT2D eigenvalue weighted by Gasteiger charge is 2.32. The first kappa shape index (κ1) is 19.2. The molecular weight excluding hydrogens is 395 g/mol. The number of ether oxygens (including phenoxy) is 2. The van der Waals surface area contributed by atoms with Crippen LogP contribution in [0.5, 0.6) is 11.5 Å². The monoisotopic (exact) mass is 414 g/mol. The lowest BCUT2D eigenvalue weighted by Gasteiger charge is -2.21. The first-order chi connectivity index (χ1) is 13.8. The van der Waals surface area contributed by atoms with E-state index >= 15 is 0 Å². The van der Waals surface area contributed by atoms with Crippen LogP contribution in [-0.4, -0.2) is 22.5 Å². The van der Waals surface area contributed by atoms with Gasteiger partial charge in [0.15, 0.2) is 11.5 Å². The summed E-state index contributed by atoms with van der Waals surface area (Å²) in [6.07, 6.45) is -0.803. The summed E-state index contributed by atoms with van der Waals surface area (Å²) in [5.74, 6) is 0.548. The van der Waals surface area contributed by atoms with Crippen LogP contribution in [0.1, 0.15) is 11.9 Å². The Labute approximate surface area is 168 Å². The Morgan fingerprint density at radius 1 is 0.966 bits per heavy atom. The number of nitrogens with two attached hydrogens (primary N) is 1. The Balaban J connectivity index is 1.85. The summed E-state index contributed by atoms with van der Waals surface area (Å²) in [4.78, 5) is 1.83. The number of rotatable bonds is 4. The van der Waals surface area contributed by atoms with Crippen molar-refractivity contribution in [2.75, 3.05) is 19.0 Å². The van der Waals surface area contributed by atoms with Gasteiger partial charge >= 0.3 is 0 Å². The highest BCUT2D eigenvalue weighted by atomic mass is 32.2. The normalized spacial score (nSPS) is 15.4. The average molecular weight is 414 g/mol. The maximum atomic E-state index is 13.6. The van der Waals surface area contributed by atoms with Gasteiger partial charge in [0.25, 0.3) is 6.29 Å². The Hall–Kier alpha value is -3.10. The van der Waals surface area contributed by atoms with Gasteiger partial charge < -0.3 is 14.4 Å². The number of benzene rings is 3. The molecule has 0 aliphatic carbocycles. The number of nitrogens with zero attached hydrogens (tertiary/aromatic N) is 1. The minimum absolute atomic E-state index is 0.0173. The van der Waals surface area contributed by atoms with Crippen LogP contribution < -0.4 is 19.5 Å². The molecule has 0 aromatic heterocycles. The Bertz CT molecular complexity index is 1200. The molecule has 6 nitrogen and oxygen atoms in total. The van der Waals surface area contributed by atoms with Crippen molar-refractivity contribution in [3.05, 3.63) is 72.0 Å². The van der Waals surface area contributed by atoms with Gasteiger partial charge in [-0.1, -0.05) is 30.3 Å². The zero-order valence-corrected chi connectivity index (χ0v) is 16.6. The van der Waals surface area contributed by atoms with Gasteiger partial charge in [0.1, 0.15) is 5.82 Å². The van der Waals surface area contributed by atoms with Gasteiger partial charge in [-0.25, -0.2) is 17.9 Å². The molecular formula is C21H19FN2O4S. The predicted octanol–water partition coefficient (Wildman–Crippen LogP) is 3.68. The lowest BCUT2D eigenvalue weighted by Crippen LogP contribution is -2.15. The molecule has 2 N–H and O–H groups in total. The Morgan fingerprint density at radius 2 is 1.72 bits per heavy atom. The number of fused-ring (bicyclic) bond motifs is 1. The van der Waals surface area contributed by atoms with Gasteiger partial charge in [0, 0.05) is 30.8 Å². The fraction of sp³-hybridized carbons (Fsp3) is 0.143. The molecule has 1 atom stereocenters. The van der Waals surface area contributed by atoms with E-state index in [0.717, 1.165) is 0 Å². The molecule has 0 fully saturated rings. The van der Waals surface area contributed by atoms with Crippen molar-refractivity contribution >= 4 is 15.7 Å². The van der Waals surface area contributed by atoms with Crippen molar-refractivity contribution in [1.82, 2.24) is 0 Å². The van der Waals surface area contributed by atoms with Gasteiger partial charge in [-0.05, 0) is 30.3 Å². The van der Waals surface area contributed by atoms with Gasteiger partial charge in [0.05, 0.1) is 10.6 Å². The summed E-state index contributed by atoms with van der Waals surface area (Å²) in [6.45, 7) is 0. The second kappa shape index (κ2) is 7.06. The van der Waals surface area contributed by atoms with Crippen LogP contribution in [0.3, 0.4) is 0 Å². The van der Waals surface area contributed by atoms with Crippen molar-refractivity contribution in [3.63, 3.8) is 0 Å². The second-order valence-electron chi connectivity index (χ2n) is 6.85. The quantitative estimate of drug-likeness (QED) is 0.704. The molecule has 0 amide bonds. The van der Waals surface area contributed by atoms with Gasteiger partial charge in [0.2, 0.25) is 10.0 Å². The van der Waals surface area contributed by atoms with Crippen LogP contribution in [0, 0.1) is 5.82 Å². The zero-order chi connectivity index (χ0) is 20.8. The smallest absolute Gasteiger partial charge is 0.268 e. The van der Waals surface area contributed by atoms with E-state index in [1.54, 1.807) is 42.5 Å². The van der Waals surface area contributed by atoms with Crippen molar-refractivity contribution in [3.8, 4) is 22.6 Å². The summed E-state index contributed by atoms with van der Waals surface area (Å²) in [7, 11) is -0.295. The fourth-order valence-electron chi connectivity index (χ4n) is 3.39. The van der Waals surface area contributed by atoms with Crippen molar-refractivity contribution in [2.45, 2.75) is 11.2 Å². The predicted molar refractivity (Wildman–Crippen MR) is 108 cm³/mol. The third-order valence-corrected chi connectivity index (χ3v) is 5.58. The number of anilines is 1. The molecule has 1 aliphatic heterocycles. The van der Waals surface area contributed by atoms with Crippen LogP contribution in [-0.2, 0) is 10.0 Å². The van der Waals surface area contributed by atoms with Crippen molar-refractivity contribution < 1.29 is 22.3 Å². The van der Waals surface area contributed by atoms with Crippen LogP contribution in [0.2, 0.25) is 0 Å². The van der Waals surface area contributed by atoms with E-state index < -0.39 is 16.3 Å². The minimum atomic E-state index is -3.93. The van der Waals surface area contributed by atoms with E-state index in [0.29, 0.717) is 33.9 Å². The molecule has 1 unspecified atom stereocenters. The number of primary sulfonamides is 1. The molecule has 0 radical (unpaired) electrons. The largest absolute Gasteiger partial charge is 0.447 e. The van der Waals surface area contributed by atoms with E-state index in [1.807, 2.05) is 19.0 Å². The zero-order valence-electron chi connectivity index (χ0n) is 15.8. The molecule has 3 aromatic carbocycles.